The molecule has 0 saturated carbocycles. The Morgan fingerprint density at radius 3 is 1.96 bits per heavy atom. The smallest absolute Gasteiger partial charge is 0.180 e. The molecular formula is C13H25N7O3. The van der Waals surface area contributed by atoms with Crippen LogP contribution < -0.4 is 16.4 Å². The van der Waals surface area contributed by atoms with Crippen LogP contribution in [-0.2, 0) is 0 Å². The van der Waals surface area contributed by atoms with Gasteiger partial charge in [-0.25, -0.2) is 15.0 Å². The lowest BCUT2D eigenvalue weighted by Crippen LogP contribution is -2.50. The number of piperazine rings is 1. The summed E-state index contributed by atoms with van der Waals surface area (Å²) in [6.45, 7) is 3.35. The summed E-state index contributed by atoms with van der Waals surface area (Å²) in [5, 5.41) is 31.5. The van der Waals surface area contributed by atoms with E-state index in [4.69, 9.17) is 21.1 Å². The maximum absolute atomic E-state index is 8.34. The summed E-state index contributed by atoms with van der Waals surface area (Å²) < 4.78 is 0. The van der Waals surface area contributed by atoms with Crippen molar-refractivity contribution in [1.82, 2.24) is 30.6 Å². The van der Waals surface area contributed by atoms with E-state index in [0.29, 0.717) is 5.65 Å². The first kappa shape index (κ1) is 19.4. The van der Waals surface area contributed by atoms with Crippen molar-refractivity contribution >= 4 is 11.2 Å². The largest absolute Gasteiger partial charge is 0.394 e. The van der Waals surface area contributed by atoms with Gasteiger partial charge in [0.25, 0.3) is 0 Å². The number of aromatic nitrogens is 4. The van der Waals surface area contributed by atoms with Gasteiger partial charge in [-0.05, 0) is 0 Å². The highest BCUT2D eigenvalue weighted by Crippen LogP contribution is 1.99. The monoisotopic (exact) mass is 327 g/mol. The average molecular weight is 327 g/mol. The van der Waals surface area contributed by atoms with E-state index in [1.807, 2.05) is 0 Å². The van der Waals surface area contributed by atoms with Crippen molar-refractivity contribution in [1.29, 1.82) is 0 Å². The third-order valence-corrected chi connectivity index (χ3v) is 3.00. The minimum absolute atomic E-state index is 0.403. The van der Waals surface area contributed by atoms with Crippen LogP contribution in [0.4, 0.5) is 0 Å². The van der Waals surface area contributed by atoms with Crippen molar-refractivity contribution in [3.63, 3.8) is 0 Å². The van der Waals surface area contributed by atoms with E-state index >= 15 is 0 Å². The molecule has 1 fully saturated rings. The highest BCUT2D eigenvalue weighted by Gasteiger charge is 2.20. The Morgan fingerprint density at radius 2 is 1.57 bits per heavy atom. The predicted octanol–water partition coefficient (Wildman–Crippen LogP) is -2.81. The molecule has 0 unspecified atom stereocenters. The topological polar surface area (TPSA) is 165 Å². The molecule has 10 heteroatoms. The number of nitrogens with two attached hydrogens (primary N) is 1. The summed E-state index contributed by atoms with van der Waals surface area (Å²) >= 11 is 0. The Bertz CT molecular complexity index is 479. The van der Waals surface area contributed by atoms with Gasteiger partial charge in [-0.2, -0.15) is 0 Å². The molecule has 3 heterocycles. The third-order valence-electron chi connectivity index (χ3n) is 3.00. The molecule has 8 N–H and O–H groups in total. The molecule has 0 radical (unpaired) electrons. The molecule has 1 aliphatic heterocycles. The number of nitrogens with one attached hydrogen (secondary N) is 3. The highest BCUT2D eigenvalue weighted by molar-refractivity contribution is 5.67. The lowest BCUT2D eigenvalue weighted by atomic mass is 10.1. The fourth-order valence-corrected chi connectivity index (χ4v) is 1.44. The standard InChI is InChI=1S/C5H4N4.C4H10N2.C4H11NO3/c1-4-5(8-2-6-1)9-3-7-4;1-2-6-4-3-5-1;5-4(1-6,2-7)3-8/h1-3H,(H,6,7,8,9);5-6H,1-4H2;6-8H,1-3,5H2. The zero-order valence-electron chi connectivity index (χ0n) is 12.9. The van der Waals surface area contributed by atoms with Crippen molar-refractivity contribution in [3.05, 3.63) is 18.9 Å². The maximum Gasteiger partial charge on any atom is 0.180 e. The second-order valence-electron chi connectivity index (χ2n) is 5.00. The molecule has 23 heavy (non-hydrogen) atoms. The van der Waals surface area contributed by atoms with Gasteiger partial charge in [0.1, 0.15) is 11.8 Å². The van der Waals surface area contributed by atoms with E-state index in [0.717, 1.165) is 31.7 Å². The molecule has 2 aromatic heterocycles. The van der Waals surface area contributed by atoms with Crippen molar-refractivity contribution in [2.24, 2.45) is 5.73 Å². The molecule has 0 aliphatic carbocycles. The number of aliphatic hydroxyl groups is 3. The summed E-state index contributed by atoms with van der Waals surface area (Å²) in [5.74, 6) is 0. The van der Waals surface area contributed by atoms with Crippen molar-refractivity contribution < 1.29 is 15.3 Å². The zero-order chi connectivity index (χ0) is 17.0. The Labute approximate surface area is 134 Å². The fourth-order valence-electron chi connectivity index (χ4n) is 1.44. The number of aliphatic hydroxyl groups excluding tert-OH is 3. The molecule has 1 aliphatic rings. The molecule has 1 saturated heterocycles. The van der Waals surface area contributed by atoms with Crippen LogP contribution >= 0.6 is 0 Å². The Balaban J connectivity index is 0.000000176. The third kappa shape index (κ3) is 7.41. The van der Waals surface area contributed by atoms with E-state index in [-0.39, 0.29) is 0 Å². The van der Waals surface area contributed by atoms with Crippen molar-refractivity contribution in [2.45, 2.75) is 5.54 Å². The van der Waals surface area contributed by atoms with Gasteiger partial charge in [0.15, 0.2) is 5.65 Å². The van der Waals surface area contributed by atoms with E-state index in [9.17, 15) is 0 Å². The predicted molar refractivity (Wildman–Crippen MR) is 85.6 cm³/mol. The van der Waals surface area contributed by atoms with Gasteiger partial charge in [-0.15, -0.1) is 0 Å². The van der Waals surface area contributed by atoms with Crippen LogP contribution in [0.3, 0.4) is 0 Å². The van der Waals surface area contributed by atoms with Crippen molar-refractivity contribution in [2.75, 3.05) is 46.0 Å². The first-order chi connectivity index (χ1) is 11.1. The number of fused-ring (bicyclic) bond motifs is 1. The molecule has 0 bridgehead atoms. The van der Waals surface area contributed by atoms with Crippen LogP contribution in [0.15, 0.2) is 18.9 Å². The van der Waals surface area contributed by atoms with Gasteiger partial charge < -0.3 is 36.7 Å². The van der Waals surface area contributed by atoms with Crippen LogP contribution in [-0.4, -0.2) is 86.8 Å². The van der Waals surface area contributed by atoms with Gasteiger partial charge in [-0.1, -0.05) is 0 Å². The summed E-state index contributed by atoms with van der Waals surface area (Å²) in [7, 11) is 0. The highest BCUT2D eigenvalue weighted by atomic mass is 16.3. The summed E-state index contributed by atoms with van der Waals surface area (Å²) in [5.41, 5.74) is 5.52. The zero-order valence-corrected chi connectivity index (χ0v) is 12.9. The first-order valence-corrected chi connectivity index (χ1v) is 7.27. The summed E-state index contributed by atoms with van der Waals surface area (Å²) in [6.07, 6.45) is 4.76. The molecule has 0 aromatic carbocycles. The maximum atomic E-state index is 8.34. The summed E-state index contributed by atoms with van der Waals surface area (Å²) in [6, 6.07) is 0. The van der Waals surface area contributed by atoms with E-state index < -0.39 is 25.4 Å². The molecule has 0 amide bonds. The number of aromatic amines is 1. The Kier molecular flexibility index (Phi) is 9.21. The number of hydrogen-bond donors (Lipinski definition) is 7. The number of H-pyrrole nitrogens is 1. The van der Waals surface area contributed by atoms with Crippen LogP contribution in [0, 0.1) is 0 Å². The number of imidazole rings is 1. The quantitative estimate of drug-likeness (QED) is 0.315. The molecule has 0 atom stereocenters. The van der Waals surface area contributed by atoms with Gasteiger partial charge in [0.05, 0.1) is 37.9 Å². The SMILES string of the molecule is C1CNCCN1.NC(CO)(CO)CO.c1ncc2[nH]cnc2n1. The lowest BCUT2D eigenvalue weighted by Gasteiger charge is -2.20. The lowest BCUT2D eigenvalue weighted by molar-refractivity contribution is 0.0698. The van der Waals surface area contributed by atoms with Crippen LogP contribution in [0.2, 0.25) is 0 Å². The fraction of sp³-hybridized carbons (Fsp3) is 0.615. The van der Waals surface area contributed by atoms with Gasteiger partial charge in [0, 0.05) is 26.2 Å². The first-order valence-electron chi connectivity index (χ1n) is 7.27. The Morgan fingerprint density at radius 1 is 1.00 bits per heavy atom. The summed E-state index contributed by atoms with van der Waals surface area (Å²) in [4.78, 5) is 14.5. The second-order valence-corrected chi connectivity index (χ2v) is 5.00. The van der Waals surface area contributed by atoms with Crippen molar-refractivity contribution in [3.8, 4) is 0 Å². The average Bonchev–Trinajstić information content (AvgIpc) is 3.12. The normalized spacial score (nSPS) is 14.4. The van der Waals surface area contributed by atoms with Crippen LogP contribution in [0.5, 0.6) is 0 Å². The van der Waals surface area contributed by atoms with E-state index in [1.165, 1.54) is 6.33 Å². The van der Waals surface area contributed by atoms with E-state index in [1.54, 1.807) is 12.5 Å². The number of hydrogen-bond acceptors (Lipinski definition) is 9. The van der Waals surface area contributed by atoms with Gasteiger partial charge in [0.2, 0.25) is 0 Å². The molecular weight excluding hydrogens is 302 g/mol. The molecule has 10 nitrogen and oxygen atoms in total. The van der Waals surface area contributed by atoms with E-state index in [2.05, 4.69) is 30.6 Å². The van der Waals surface area contributed by atoms with Gasteiger partial charge >= 0.3 is 0 Å². The van der Waals surface area contributed by atoms with Gasteiger partial charge in [-0.3, -0.25) is 0 Å². The second kappa shape index (κ2) is 10.9. The van der Waals surface area contributed by atoms with Crippen LogP contribution in [0.25, 0.3) is 11.2 Å². The molecule has 130 valence electrons. The van der Waals surface area contributed by atoms with Crippen LogP contribution in [0.1, 0.15) is 0 Å². The Hall–Kier alpha value is -1.69. The minimum atomic E-state index is -1.21. The minimum Gasteiger partial charge on any atom is -0.394 e. The molecule has 2 aromatic rings. The number of nitrogens with zero attached hydrogens (tertiary/aromatic N) is 3. The molecule has 0 spiro atoms. The number of rotatable bonds is 3. The molecule has 3 rings (SSSR count).